The molecule has 2 amide bonds. The molecule has 1 aliphatic carbocycles. The van der Waals surface area contributed by atoms with Crippen molar-refractivity contribution >= 4 is 52.1 Å². The number of carboxylic acid groups (broad SMARTS) is 1. The molecule has 1 fully saturated rings. The molecular formula is C35H41N3O5S. The van der Waals surface area contributed by atoms with Crippen LogP contribution in [0.15, 0.2) is 53.5 Å². The summed E-state index contributed by atoms with van der Waals surface area (Å²) in [6.07, 6.45) is 8.40. The first-order chi connectivity index (χ1) is 21.2. The molecule has 2 N–H and O–H groups in total. The maximum atomic E-state index is 14.4. The van der Waals surface area contributed by atoms with Crippen LogP contribution in [0.5, 0.6) is 0 Å². The second-order valence-corrected chi connectivity index (χ2v) is 13.2. The predicted octanol–water partition coefficient (Wildman–Crippen LogP) is 6.37. The number of thioether (sulfide) groups is 1. The summed E-state index contributed by atoms with van der Waals surface area (Å²) in [6, 6.07) is 13.7. The number of nitrogens with zero attached hydrogens (tertiary/aromatic N) is 2. The van der Waals surface area contributed by atoms with Gasteiger partial charge in [0.2, 0.25) is 11.8 Å². The number of aliphatic carboxylic acids is 1. The molecule has 3 unspecified atom stereocenters. The molecule has 4 atom stereocenters. The number of hydrogen-bond donors (Lipinski definition) is 2. The molecule has 2 aromatic rings. The Morgan fingerprint density at radius 2 is 1.93 bits per heavy atom. The van der Waals surface area contributed by atoms with Crippen molar-refractivity contribution in [1.29, 1.82) is 0 Å². The van der Waals surface area contributed by atoms with Crippen LogP contribution in [0.2, 0.25) is 0 Å². The van der Waals surface area contributed by atoms with E-state index in [9.17, 15) is 19.2 Å². The third-order valence-corrected chi connectivity index (χ3v) is 10.2. The first-order valence-corrected chi connectivity index (χ1v) is 16.6. The minimum Gasteiger partial charge on any atom is -0.481 e. The lowest BCUT2D eigenvalue weighted by Crippen LogP contribution is -2.44. The monoisotopic (exact) mass is 615 g/mol. The normalized spacial score (nSPS) is 21.9. The standard InChI is InChI=1S/C35H41N3O5S/c1-3-23-13-14-30(39)28-19-25-12-11-22(2)18-26(25)20-29(28)37-34(23)44-33(24-8-5-4-6-9-24)35(43)38-17-7-10-27(38)21-36-31(40)15-16-32(41)42/h4-6,8-9,11-12,19-20,22-23,27,33H,3,7,10,13-18,21H2,1-2H3,(H,36,40)(H,41,42)/t22?,23?,27-,33?/m1/s1. The topological polar surface area (TPSA) is 116 Å². The van der Waals surface area contributed by atoms with Crippen molar-refractivity contribution in [1.82, 2.24) is 10.2 Å². The lowest BCUT2D eigenvalue weighted by molar-refractivity contribution is -0.138. The van der Waals surface area contributed by atoms with Crippen molar-refractivity contribution in [2.75, 3.05) is 13.1 Å². The highest BCUT2D eigenvalue weighted by molar-refractivity contribution is 8.14. The van der Waals surface area contributed by atoms with E-state index in [0.717, 1.165) is 41.9 Å². The van der Waals surface area contributed by atoms with Gasteiger partial charge in [-0.1, -0.05) is 68.1 Å². The molecule has 0 saturated carbocycles. The van der Waals surface area contributed by atoms with Crippen molar-refractivity contribution in [3.05, 3.63) is 70.8 Å². The van der Waals surface area contributed by atoms with E-state index in [2.05, 4.69) is 37.4 Å². The van der Waals surface area contributed by atoms with Crippen LogP contribution in [-0.4, -0.2) is 57.7 Å². The van der Waals surface area contributed by atoms with Gasteiger partial charge in [-0.25, -0.2) is 4.99 Å². The highest BCUT2D eigenvalue weighted by Gasteiger charge is 2.36. The van der Waals surface area contributed by atoms with Gasteiger partial charge in [0.1, 0.15) is 5.25 Å². The molecule has 0 radical (unpaired) electrons. The fourth-order valence-electron chi connectivity index (χ4n) is 6.29. The van der Waals surface area contributed by atoms with Gasteiger partial charge in [-0.05, 0) is 66.8 Å². The van der Waals surface area contributed by atoms with Crippen LogP contribution < -0.4 is 5.32 Å². The van der Waals surface area contributed by atoms with E-state index in [1.807, 2.05) is 41.3 Å². The molecule has 2 aliphatic heterocycles. The Balaban J connectivity index is 1.45. The number of carboxylic acids is 1. The summed E-state index contributed by atoms with van der Waals surface area (Å²) in [6.45, 7) is 5.18. The third-order valence-electron chi connectivity index (χ3n) is 8.82. The number of fused-ring (bicyclic) bond motifs is 2. The van der Waals surface area contributed by atoms with E-state index < -0.39 is 11.2 Å². The molecule has 8 nitrogen and oxygen atoms in total. The third kappa shape index (κ3) is 7.49. The number of Topliss-reactive ketones (excluding diaryl/α,β-unsaturated/α-hetero) is 1. The van der Waals surface area contributed by atoms with Crippen LogP contribution in [0.4, 0.5) is 5.69 Å². The number of carbonyl (C=O) groups excluding carboxylic acids is 3. The Hall–Kier alpha value is -3.72. The van der Waals surface area contributed by atoms with Gasteiger partial charge < -0.3 is 15.3 Å². The van der Waals surface area contributed by atoms with E-state index in [-0.39, 0.29) is 42.4 Å². The number of ketones is 1. The average molecular weight is 616 g/mol. The van der Waals surface area contributed by atoms with E-state index in [4.69, 9.17) is 10.1 Å². The number of hydrogen-bond acceptors (Lipinski definition) is 6. The fourth-order valence-corrected chi connectivity index (χ4v) is 7.69. The number of carbonyl (C=O) groups is 4. The van der Waals surface area contributed by atoms with Gasteiger partial charge >= 0.3 is 5.97 Å². The second-order valence-electron chi connectivity index (χ2n) is 12.1. The summed E-state index contributed by atoms with van der Waals surface area (Å²) in [5, 5.41) is 12.1. The van der Waals surface area contributed by atoms with Crippen LogP contribution >= 0.6 is 11.8 Å². The maximum Gasteiger partial charge on any atom is 0.303 e. The Labute approximate surface area is 263 Å². The van der Waals surface area contributed by atoms with Crippen LogP contribution in [0.1, 0.15) is 91.1 Å². The molecule has 5 rings (SSSR count). The SMILES string of the molecule is CCC1CCC(=O)c2cc3c(cc2N=C1SC(C(=O)N1CCC[C@@H]1CNC(=O)CCC(=O)O)c1ccccc1)CC(C)C=C3. The number of allylic oxidation sites excluding steroid dienone is 1. The molecule has 2 heterocycles. The van der Waals surface area contributed by atoms with Crippen molar-refractivity contribution < 1.29 is 24.3 Å². The van der Waals surface area contributed by atoms with Gasteiger partial charge in [-0.15, -0.1) is 0 Å². The molecule has 0 bridgehead atoms. The highest BCUT2D eigenvalue weighted by atomic mass is 32.2. The maximum absolute atomic E-state index is 14.4. The Morgan fingerprint density at radius 3 is 2.68 bits per heavy atom. The number of amides is 2. The van der Waals surface area contributed by atoms with Crippen molar-refractivity contribution in [3.8, 4) is 0 Å². The first-order valence-electron chi connectivity index (χ1n) is 15.7. The van der Waals surface area contributed by atoms with Crippen molar-refractivity contribution in [2.24, 2.45) is 16.8 Å². The second kappa shape index (κ2) is 14.4. The minimum atomic E-state index is -1.01. The van der Waals surface area contributed by atoms with Crippen LogP contribution in [0.25, 0.3) is 6.08 Å². The molecular weight excluding hydrogens is 574 g/mol. The molecule has 0 aromatic heterocycles. The molecule has 1 saturated heterocycles. The highest BCUT2D eigenvalue weighted by Crippen LogP contribution is 2.41. The summed E-state index contributed by atoms with van der Waals surface area (Å²) in [4.78, 5) is 57.8. The van der Waals surface area contributed by atoms with Crippen LogP contribution in [0, 0.1) is 11.8 Å². The summed E-state index contributed by atoms with van der Waals surface area (Å²) in [5.41, 5.74) is 4.50. The molecule has 44 heavy (non-hydrogen) atoms. The number of benzene rings is 2. The Morgan fingerprint density at radius 1 is 1.14 bits per heavy atom. The van der Waals surface area contributed by atoms with Crippen LogP contribution in [-0.2, 0) is 20.8 Å². The van der Waals surface area contributed by atoms with E-state index >= 15 is 0 Å². The lowest BCUT2D eigenvalue weighted by Gasteiger charge is -2.31. The minimum absolute atomic E-state index is 0.0243. The smallest absolute Gasteiger partial charge is 0.303 e. The zero-order valence-corrected chi connectivity index (χ0v) is 26.3. The van der Waals surface area contributed by atoms with Gasteiger partial charge in [-0.2, -0.15) is 0 Å². The predicted molar refractivity (Wildman–Crippen MR) is 174 cm³/mol. The molecule has 3 aliphatic rings. The van der Waals surface area contributed by atoms with Gasteiger partial charge in [0.25, 0.3) is 0 Å². The van der Waals surface area contributed by atoms with Gasteiger partial charge in [0.15, 0.2) is 5.78 Å². The molecule has 2 aromatic carbocycles. The van der Waals surface area contributed by atoms with Gasteiger partial charge in [-0.3, -0.25) is 19.2 Å². The number of nitrogens with one attached hydrogen (secondary N) is 1. The van der Waals surface area contributed by atoms with Gasteiger partial charge in [0, 0.05) is 43.5 Å². The van der Waals surface area contributed by atoms with E-state index in [1.54, 1.807) is 0 Å². The number of likely N-dealkylation sites (tertiary alicyclic amines) is 1. The van der Waals surface area contributed by atoms with Gasteiger partial charge in [0.05, 0.1) is 17.2 Å². The van der Waals surface area contributed by atoms with E-state index in [1.165, 1.54) is 17.3 Å². The molecule has 232 valence electrons. The summed E-state index contributed by atoms with van der Waals surface area (Å²) in [5.74, 6) is -0.779. The largest absolute Gasteiger partial charge is 0.481 e. The lowest BCUT2D eigenvalue weighted by atomic mass is 9.87. The number of rotatable bonds is 9. The first kappa shape index (κ1) is 31.7. The molecule has 9 heteroatoms. The van der Waals surface area contributed by atoms with Crippen LogP contribution in [0.3, 0.4) is 0 Å². The summed E-state index contributed by atoms with van der Waals surface area (Å²) in [7, 11) is 0. The van der Waals surface area contributed by atoms with Crippen molar-refractivity contribution in [3.63, 3.8) is 0 Å². The Kier molecular flexibility index (Phi) is 10.4. The zero-order valence-electron chi connectivity index (χ0n) is 25.5. The fraction of sp³-hybridized carbons (Fsp3) is 0.457. The van der Waals surface area contributed by atoms with E-state index in [0.29, 0.717) is 43.1 Å². The Bertz CT molecular complexity index is 1470. The zero-order chi connectivity index (χ0) is 31.2. The quantitative estimate of drug-likeness (QED) is 0.339. The summed E-state index contributed by atoms with van der Waals surface area (Å²) >= 11 is 1.49. The molecule has 0 spiro atoms. The average Bonchev–Trinajstić information content (AvgIpc) is 3.49. The number of aliphatic imine (C=N–C) groups is 1. The summed E-state index contributed by atoms with van der Waals surface area (Å²) < 4.78 is 0. The van der Waals surface area contributed by atoms with Crippen molar-refractivity contribution in [2.45, 2.75) is 76.5 Å².